The van der Waals surface area contributed by atoms with Crippen molar-refractivity contribution in [3.63, 3.8) is 0 Å². The molecule has 2 aliphatic rings. The molecule has 4 heterocycles. The molecule has 2 aromatic carbocycles. The molecule has 2 aliphatic heterocycles. The van der Waals surface area contributed by atoms with Crippen LogP contribution in [0, 0.1) is 0 Å². The predicted octanol–water partition coefficient (Wildman–Crippen LogP) is 4.97. The van der Waals surface area contributed by atoms with Crippen molar-refractivity contribution in [2.45, 2.75) is 44.2 Å². The number of benzene rings is 2. The van der Waals surface area contributed by atoms with E-state index in [1.165, 1.54) is 4.70 Å². The molecule has 6 heteroatoms. The maximum absolute atomic E-state index is 13.2. The number of aromatic nitrogens is 3. The number of amides is 1. The Balaban J connectivity index is 1.21. The lowest BCUT2D eigenvalue weighted by atomic mass is 9.98. The maximum atomic E-state index is 13.2. The smallest absolute Gasteiger partial charge is 0.223 e. The molecule has 2 atom stereocenters. The number of para-hydroxylation sites is 1. The fourth-order valence-electron chi connectivity index (χ4n) is 4.95. The molecule has 5 nitrogen and oxygen atoms in total. The largest absolute Gasteiger partial charge is 0.332 e. The van der Waals surface area contributed by atoms with E-state index >= 15 is 0 Å². The lowest BCUT2D eigenvalue weighted by molar-refractivity contribution is -0.134. The number of hydrogen-bond donors (Lipinski definition) is 0. The number of carbonyl (C=O) groups is 1. The first kappa shape index (κ1) is 18.6. The van der Waals surface area contributed by atoms with Gasteiger partial charge < -0.3 is 4.90 Å². The molecule has 0 N–H and O–H groups in total. The van der Waals surface area contributed by atoms with E-state index in [1.807, 2.05) is 54.7 Å². The van der Waals surface area contributed by atoms with Gasteiger partial charge in [0.2, 0.25) is 5.91 Å². The molecule has 2 unspecified atom stereocenters. The SMILES string of the molecule is O=C(CCc1nc2ccccc2s1)N1C2CCC1c1cnc(-c3ccccc3)nc1C2. The van der Waals surface area contributed by atoms with Gasteiger partial charge in [-0.15, -0.1) is 11.3 Å². The van der Waals surface area contributed by atoms with Crippen molar-refractivity contribution in [1.82, 2.24) is 19.9 Å². The standard InChI is InChI=1S/C25H22N4OS/c30-24(13-12-23-27-19-8-4-5-9-22(19)31-23)29-17-10-11-21(29)18-15-26-25(28-20(18)14-17)16-6-2-1-3-7-16/h1-9,15,17,21H,10-14H2. The Kier molecular flexibility index (Phi) is 4.53. The number of hydrogen-bond acceptors (Lipinski definition) is 5. The molecule has 2 aromatic heterocycles. The van der Waals surface area contributed by atoms with Gasteiger partial charge >= 0.3 is 0 Å². The second-order valence-electron chi connectivity index (χ2n) is 8.29. The van der Waals surface area contributed by atoms with Gasteiger partial charge in [0.1, 0.15) is 0 Å². The van der Waals surface area contributed by atoms with Crippen LogP contribution in [0.2, 0.25) is 0 Å². The van der Waals surface area contributed by atoms with Crippen molar-refractivity contribution >= 4 is 27.5 Å². The molecule has 1 fully saturated rings. The number of carbonyl (C=O) groups excluding carboxylic acids is 1. The summed E-state index contributed by atoms with van der Waals surface area (Å²) in [5.74, 6) is 0.999. The van der Waals surface area contributed by atoms with Crippen LogP contribution in [0.3, 0.4) is 0 Å². The Morgan fingerprint density at radius 3 is 2.74 bits per heavy atom. The first-order valence-corrected chi connectivity index (χ1v) is 11.6. The Bertz CT molecular complexity index is 1240. The van der Waals surface area contributed by atoms with Gasteiger partial charge in [-0.2, -0.15) is 0 Å². The van der Waals surface area contributed by atoms with E-state index in [1.54, 1.807) is 11.3 Å². The van der Waals surface area contributed by atoms with Crippen LogP contribution in [0.5, 0.6) is 0 Å². The van der Waals surface area contributed by atoms with E-state index < -0.39 is 0 Å². The molecular weight excluding hydrogens is 404 g/mol. The van der Waals surface area contributed by atoms with E-state index in [0.717, 1.165) is 52.4 Å². The minimum absolute atomic E-state index is 0.112. The minimum atomic E-state index is 0.112. The third kappa shape index (κ3) is 3.31. The van der Waals surface area contributed by atoms with Crippen molar-refractivity contribution in [1.29, 1.82) is 0 Å². The third-order valence-electron chi connectivity index (χ3n) is 6.40. The maximum Gasteiger partial charge on any atom is 0.223 e. The average molecular weight is 427 g/mol. The highest BCUT2D eigenvalue weighted by molar-refractivity contribution is 7.18. The molecule has 31 heavy (non-hydrogen) atoms. The Morgan fingerprint density at radius 2 is 1.87 bits per heavy atom. The van der Waals surface area contributed by atoms with Gasteiger partial charge in [0.15, 0.2) is 5.82 Å². The van der Waals surface area contributed by atoms with Crippen LogP contribution >= 0.6 is 11.3 Å². The molecule has 0 aliphatic carbocycles. The Hall–Kier alpha value is -3.12. The topological polar surface area (TPSA) is 59.0 Å². The molecule has 154 valence electrons. The lowest BCUT2D eigenvalue weighted by Gasteiger charge is -2.35. The van der Waals surface area contributed by atoms with E-state index in [-0.39, 0.29) is 18.0 Å². The quantitative estimate of drug-likeness (QED) is 0.462. The molecule has 0 radical (unpaired) electrons. The van der Waals surface area contributed by atoms with Crippen LogP contribution in [0.25, 0.3) is 21.6 Å². The summed E-state index contributed by atoms with van der Waals surface area (Å²) >= 11 is 1.69. The third-order valence-corrected chi connectivity index (χ3v) is 7.50. The van der Waals surface area contributed by atoms with Gasteiger partial charge in [0, 0.05) is 42.6 Å². The molecule has 1 amide bonds. The lowest BCUT2D eigenvalue weighted by Crippen LogP contribution is -2.42. The molecule has 2 bridgehead atoms. The van der Waals surface area contributed by atoms with Crippen molar-refractivity contribution in [2.75, 3.05) is 0 Å². The van der Waals surface area contributed by atoms with Crippen molar-refractivity contribution in [3.8, 4) is 11.4 Å². The zero-order valence-electron chi connectivity index (χ0n) is 17.1. The number of thiazole rings is 1. The highest BCUT2D eigenvalue weighted by atomic mass is 32.1. The van der Waals surface area contributed by atoms with Crippen LogP contribution in [0.4, 0.5) is 0 Å². The van der Waals surface area contributed by atoms with Crippen molar-refractivity contribution < 1.29 is 4.79 Å². The van der Waals surface area contributed by atoms with Gasteiger partial charge in [-0.25, -0.2) is 15.0 Å². The molecule has 6 rings (SSSR count). The summed E-state index contributed by atoms with van der Waals surface area (Å²) in [6.07, 6.45) is 6.01. The predicted molar refractivity (Wildman–Crippen MR) is 122 cm³/mol. The number of fused-ring (bicyclic) bond motifs is 5. The summed E-state index contributed by atoms with van der Waals surface area (Å²) in [4.78, 5) is 29.5. The van der Waals surface area contributed by atoms with Gasteiger partial charge in [-0.1, -0.05) is 42.5 Å². The van der Waals surface area contributed by atoms with Crippen LogP contribution < -0.4 is 0 Å². The van der Waals surface area contributed by atoms with Crippen molar-refractivity contribution in [3.05, 3.63) is 77.1 Å². The van der Waals surface area contributed by atoms with E-state index in [2.05, 4.69) is 20.9 Å². The van der Waals surface area contributed by atoms with E-state index in [4.69, 9.17) is 4.98 Å². The zero-order chi connectivity index (χ0) is 20.8. The Morgan fingerprint density at radius 1 is 1.03 bits per heavy atom. The summed E-state index contributed by atoms with van der Waals surface area (Å²) in [6, 6.07) is 18.6. The average Bonchev–Trinajstić information content (AvgIpc) is 3.37. The van der Waals surface area contributed by atoms with Gasteiger partial charge in [-0.3, -0.25) is 4.79 Å². The van der Waals surface area contributed by atoms with Crippen LogP contribution in [-0.4, -0.2) is 31.8 Å². The highest BCUT2D eigenvalue weighted by Gasteiger charge is 2.43. The van der Waals surface area contributed by atoms with Crippen LogP contribution in [0.15, 0.2) is 60.8 Å². The first-order chi connectivity index (χ1) is 15.3. The first-order valence-electron chi connectivity index (χ1n) is 10.8. The van der Waals surface area contributed by atoms with Gasteiger partial charge in [0.05, 0.1) is 27.0 Å². The second kappa shape index (κ2) is 7.54. The molecular formula is C25H22N4OS. The fourth-order valence-corrected chi connectivity index (χ4v) is 5.92. The fraction of sp³-hybridized carbons (Fsp3) is 0.280. The summed E-state index contributed by atoms with van der Waals surface area (Å²) in [6.45, 7) is 0. The molecule has 1 saturated heterocycles. The summed E-state index contributed by atoms with van der Waals surface area (Å²) in [7, 11) is 0. The Labute approximate surface area is 184 Å². The number of aryl methyl sites for hydroxylation is 1. The summed E-state index contributed by atoms with van der Waals surface area (Å²) in [5.41, 5.74) is 4.29. The van der Waals surface area contributed by atoms with Crippen molar-refractivity contribution in [2.24, 2.45) is 0 Å². The van der Waals surface area contributed by atoms with Crippen LogP contribution in [-0.2, 0) is 17.6 Å². The zero-order valence-corrected chi connectivity index (χ0v) is 17.9. The molecule has 0 saturated carbocycles. The second-order valence-corrected chi connectivity index (χ2v) is 9.40. The highest BCUT2D eigenvalue weighted by Crippen LogP contribution is 2.43. The summed E-state index contributed by atoms with van der Waals surface area (Å²) in [5, 5.41) is 1.04. The number of rotatable bonds is 4. The van der Waals surface area contributed by atoms with Gasteiger partial charge in [0.25, 0.3) is 0 Å². The molecule has 4 aromatic rings. The van der Waals surface area contributed by atoms with E-state index in [9.17, 15) is 4.79 Å². The molecule has 0 spiro atoms. The minimum Gasteiger partial charge on any atom is -0.332 e. The van der Waals surface area contributed by atoms with E-state index in [0.29, 0.717) is 12.8 Å². The summed E-state index contributed by atoms with van der Waals surface area (Å²) < 4.78 is 1.18. The van der Waals surface area contributed by atoms with Crippen LogP contribution in [0.1, 0.15) is 41.6 Å². The monoisotopic (exact) mass is 426 g/mol. The van der Waals surface area contributed by atoms with Gasteiger partial charge in [-0.05, 0) is 25.0 Å². The normalized spacial score (nSPS) is 19.5. The number of nitrogens with zero attached hydrogens (tertiary/aromatic N) is 4.